The van der Waals surface area contributed by atoms with Crippen molar-refractivity contribution in [2.45, 2.75) is 6.04 Å². The van der Waals surface area contributed by atoms with Crippen LogP contribution in [0.15, 0.2) is 11.4 Å². The Morgan fingerprint density at radius 3 is 2.83 bits per heavy atom. The summed E-state index contributed by atoms with van der Waals surface area (Å²) in [5, 5.41) is 13.2. The molecule has 0 bridgehead atoms. The third kappa shape index (κ3) is 2.64. The van der Waals surface area contributed by atoms with Crippen LogP contribution in [0, 0.1) is 2.88 Å². The Balaban J connectivity index is 2.25. The van der Waals surface area contributed by atoms with Gasteiger partial charge in [-0.2, -0.15) is 0 Å². The highest BCUT2D eigenvalue weighted by atomic mass is 127. The van der Waals surface area contributed by atoms with E-state index in [-0.39, 0.29) is 19.0 Å². The lowest BCUT2D eigenvalue weighted by Gasteiger charge is -2.32. The van der Waals surface area contributed by atoms with Crippen molar-refractivity contribution in [2.75, 3.05) is 13.1 Å². The van der Waals surface area contributed by atoms with Crippen LogP contribution in [0.5, 0.6) is 0 Å². The Labute approximate surface area is 120 Å². The Morgan fingerprint density at radius 1 is 1.56 bits per heavy atom. The average molecular weight is 380 g/mol. The molecule has 96 valence electrons. The molecule has 0 saturated carbocycles. The van der Waals surface area contributed by atoms with E-state index >= 15 is 0 Å². The lowest BCUT2D eigenvalue weighted by molar-refractivity contribution is -0.144. The Bertz CT molecular complexity index is 516. The van der Waals surface area contributed by atoms with Crippen LogP contribution in [0.3, 0.4) is 0 Å². The molecule has 0 aliphatic carbocycles. The third-order valence-corrected chi connectivity index (χ3v) is 4.33. The van der Waals surface area contributed by atoms with Gasteiger partial charge in [0.15, 0.2) is 0 Å². The fourth-order valence-electron chi connectivity index (χ4n) is 1.66. The molecule has 1 aliphatic rings. The molecule has 2 N–H and O–H groups in total. The van der Waals surface area contributed by atoms with Crippen LogP contribution in [-0.4, -0.2) is 46.9 Å². The number of carboxylic acid groups (broad SMARTS) is 1. The van der Waals surface area contributed by atoms with Crippen molar-refractivity contribution in [3.8, 4) is 0 Å². The summed E-state index contributed by atoms with van der Waals surface area (Å²) in [7, 11) is 0. The van der Waals surface area contributed by atoms with Gasteiger partial charge in [0.25, 0.3) is 5.91 Å². The molecule has 1 fully saturated rings. The molecule has 0 spiro atoms. The first-order valence-corrected chi connectivity index (χ1v) is 6.99. The van der Waals surface area contributed by atoms with E-state index in [9.17, 15) is 14.4 Å². The zero-order valence-corrected chi connectivity index (χ0v) is 12.0. The molecule has 2 heterocycles. The van der Waals surface area contributed by atoms with E-state index < -0.39 is 17.9 Å². The number of aliphatic carboxylic acids is 1. The van der Waals surface area contributed by atoms with Crippen molar-refractivity contribution in [3.05, 3.63) is 19.9 Å². The van der Waals surface area contributed by atoms with Gasteiger partial charge in [0.1, 0.15) is 12.6 Å². The topological polar surface area (TPSA) is 86.7 Å². The lowest BCUT2D eigenvalue weighted by Crippen LogP contribution is -2.59. The summed E-state index contributed by atoms with van der Waals surface area (Å²) in [4.78, 5) is 35.6. The molecular formula is C10H9IN2O4S. The second-order valence-corrected chi connectivity index (χ2v) is 6.54. The van der Waals surface area contributed by atoms with E-state index in [0.717, 1.165) is 7.78 Å². The monoisotopic (exact) mass is 380 g/mol. The highest BCUT2D eigenvalue weighted by Gasteiger charge is 2.35. The van der Waals surface area contributed by atoms with Gasteiger partial charge in [-0.25, -0.2) is 4.79 Å². The fourth-order valence-corrected chi connectivity index (χ4v) is 2.98. The molecule has 1 atom stereocenters. The maximum atomic E-state index is 12.2. The standard InChI is InChI=1S/C10H9IN2O4S/c11-7-1-5(4-18-7)9(15)13-3-8(14)12-2-6(13)10(16)17/h1,4,6H,2-3H2,(H,12,14)(H,16,17). The van der Waals surface area contributed by atoms with E-state index in [1.807, 2.05) is 0 Å². The third-order valence-electron chi connectivity index (χ3n) is 2.54. The number of nitrogens with one attached hydrogen (secondary N) is 1. The van der Waals surface area contributed by atoms with Crippen LogP contribution in [0.4, 0.5) is 0 Å². The van der Waals surface area contributed by atoms with Gasteiger partial charge in [-0.15, -0.1) is 11.3 Å². The van der Waals surface area contributed by atoms with E-state index in [0.29, 0.717) is 5.56 Å². The molecule has 1 aromatic heterocycles. The van der Waals surface area contributed by atoms with Gasteiger partial charge in [-0.1, -0.05) is 0 Å². The summed E-state index contributed by atoms with van der Waals surface area (Å²) in [6.45, 7) is -0.274. The summed E-state index contributed by atoms with van der Waals surface area (Å²) in [6.07, 6.45) is 0. The van der Waals surface area contributed by atoms with Crippen molar-refractivity contribution in [2.24, 2.45) is 0 Å². The molecule has 2 rings (SSSR count). The number of amides is 2. The zero-order chi connectivity index (χ0) is 13.3. The van der Waals surface area contributed by atoms with Crippen LogP contribution in [0.1, 0.15) is 10.4 Å². The van der Waals surface area contributed by atoms with E-state index in [4.69, 9.17) is 5.11 Å². The van der Waals surface area contributed by atoms with Crippen LogP contribution in [-0.2, 0) is 9.59 Å². The second-order valence-electron chi connectivity index (χ2n) is 3.73. The maximum absolute atomic E-state index is 12.2. The molecular weight excluding hydrogens is 371 g/mol. The van der Waals surface area contributed by atoms with Crippen molar-refractivity contribution in [1.29, 1.82) is 0 Å². The quantitative estimate of drug-likeness (QED) is 0.727. The molecule has 1 unspecified atom stereocenters. The number of piperazine rings is 1. The van der Waals surface area contributed by atoms with Crippen LogP contribution >= 0.6 is 33.9 Å². The number of carbonyl (C=O) groups is 3. The minimum atomic E-state index is -1.12. The van der Waals surface area contributed by atoms with Gasteiger partial charge in [0.05, 0.1) is 8.45 Å². The molecule has 1 aromatic rings. The van der Waals surface area contributed by atoms with Crippen molar-refractivity contribution < 1.29 is 19.5 Å². The Hall–Kier alpha value is -1.16. The smallest absolute Gasteiger partial charge is 0.328 e. The highest BCUT2D eigenvalue weighted by Crippen LogP contribution is 2.19. The zero-order valence-electron chi connectivity index (χ0n) is 9.05. The number of hydrogen-bond acceptors (Lipinski definition) is 4. The summed E-state index contributed by atoms with van der Waals surface area (Å²) >= 11 is 3.48. The maximum Gasteiger partial charge on any atom is 0.328 e. The molecule has 6 nitrogen and oxygen atoms in total. The molecule has 2 amide bonds. The largest absolute Gasteiger partial charge is 0.480 e. The predicted octanol–water partition coefficient (Wildman–Crippen LogP) is 0.378. The first-order valence-electron chi connectivity index (χ1n) is 5.03. The van der Waals surface area contributed by atoms with Crippen molar-refractivity contribution >= 4 is 51.7 Å². The summed E-state index contributed by atoms with van der Waals surface area (Å²) in [6, 6.07) is 0.673. The van der Waals surface area contributed by atoms with E-state index in [2.05, 4.69) is 27.9 Å². The minimum Gasteiger partial charge on any atom is -0.480 e. The number of nitrogens with zero attached hydrogens (tertiary/aromatic N) is 1. The van der Waals surface area contributed by atoms with Gasteiger partial charge in [0, 0.05) is 11.9 Å². The van der Waals surface area contributed by atoms with Crippen LogP contribution in [0.25, 0.3) is 0 Å². The molecule has 0 radical (unpaired) electrons. The SMILES string of the molecule is O=C1CN(C(=O)c2csc(I)c2)C(C(=O)O)CN1. The van der Waals surface area contributed by atoms with Crippen LogP contribution in [0.2, 0.25) is 0 Å². The highest BCUT2D eigenvalue weighted by molar-refractivity contribution is 14.1. The van der Waals surface area contributed by atoms with Gasteiger partial charge in [0.2, 0.25) is 5.91 Å². The van der Waals surface area contributed by atoms with E-state index in [1.165, 1.54) is 11.3 Å². The molecule has 0 aromatic carbocycles. The summed E-state index contributed by atoms with van der Waals surface area (Å²) < 4.78 is 0.935. The second kappa shape index (κ2) is 5.22. The number of carboxylic acids is 1. The van der Waals surface area contributed by atoms with Crippen LogP contribution < -0.4 is 5.32 Å². The van der Waals surface area contributed by atoms with Gasteiger partial charge in [-0.3, -0.25) is 9.59 Å². The summed E-state index contributed by atoms with van der Waals surface area (Å²) in [5.74, 6) is -1.88. The predicted molar refractivity (Wildman–Crippen MR) is 72.5 cm³/mol. The lowest BCUT2D eigenvalue weighted by atomic mass is 10.1. The Morgan fingerprint density at radius 2 is 2.28 bits per heavy atom. The molecule has 18 heavy (non-hydrogen) atoms. The first kappa shape index (κ1) is 13.3. The minimum absolute atomic E-state index is 0.0544. The molecule has 1 saturated heterocycles. The van der Waals surface area contributed by atoms with Gasteiger partial charge in [-0.05, 0) is 28.7 Å². The fraction of sp³-hybridized carbons (Fsp3) is 0.300. The number of hydrogen-bond donors (Lipinski definition) is 2. The number of carbonyl (C=O) groups excluding carboxylic acids is 2. The summed E-state index contributed by atoms with van der Waals surface area (Å²) in [5.41, 5.74) is 0.422. The van der Waals surface area contributed by atoms with Crippen molar-refractivity contribution in [3.63, 3.8) is 0 Å². The van der Waals surface area contributed by atoms with Gasteiger partial charge >= 0.3 is 5.97 Å². The van der Waals surface area contributed by atoms with Crippen molar-refractivity contribution in [1.82, 2.24) is 10.2 Å². The van der Waals surface area contributed by atoms with Gasteiger partial charge < -0.3 is 15.3 Å². The Kier molecular flexibility index (Phi) is 3.85. The number of halogens is 1. The molecule has 1 aliphatic heterocycles. The number of rotatable bonds is 2. The average Bonchev–Trinajstić information content (AvgIpc) is 2.74. The van der Waals surface area contributed by atoms with E-state index in [1.54, 1.807) is 11.4 Å². The first-order chi connectivity index (χ1) is 8.49. The molecule has 8 heteroatoms. The normalized spacial score (nSPS) is 19.5. The number of thiophene rings is 1.